The van der Waals surface area contributed by atoms with Crippen molar-refractivity contribution < 1.29 is 33.3 Å². The molecule has 0 radical (unpaired) electrons. The van der Waals surface area contributed by atoms with E-state index >= 15 is 0 Å². The fourth-order valence-corrected chi connectivity index (χ4v) is 8.28. The average Bonchev–Trinajstić information content (AvgIpc) is 3.90. The van der Waals surface area contributed by atoms with E-state index in [0.29, 0.717) is 26.1 Å². The minimum absolute atomic E-state index is 0.0123. The topological polar surface area (TPSA) is 79.0 Å². The van der Waals surface area contributed by atoms with E-state index < -0.39 is 5.79 Å². The van der Waals surface area contributed by atoms with Crippen molar-refractivity contribution in [2.24, 2.45) is 5.92 Å². The number of rotatable bonds is 26. The van der Waals surface area contributed by atoms with Crippen LogP contribution in [-0.4, -0.2) is 66.5 Å². The van der Waals surface area contributed by atoms with Crippen LogP contribution < -0.4 is 4.74 Å². The number of esters is 1. The molecule has 0 aliphatic carbocycles. The number of hydrogen-bond donors (Lipinski definition) is 0. The van der Waals surface area contributed by atoms with Gasteiger partial charge in [-0.1, -0.05) is 130 Å². The summed E-state index contributed by atoms with van der Waals surface area (Å²) in [5.74, 6) is -0.0394. The van der Waals surface area contributed by atoms with Crippen LogP contribution in [0.4, 0.5) is 0 Å². The van der Waals surface area contributed by atoms with Crippen molar-refractivity contribution in [3.05, 3.63) is 29.8 Å². The van der Waals surface area contributed by atoms with Crippen molar-refractivity contribution in [2.45, 2.75) is 206 Å². The van der Waals surface area contributed by atoms with Gasteiger partial charge in [0.1, 0.15) is 37.3 Å². The molecule has 3 heterocycles. The van der Waals surface area contributed by atoms with Gasteiger partial charge in [0, 0.05) is 24.3 Å². The molecule has 1 spiro atoms. The monoisotopic (exact) mass is 730 g/mol. The summed E-state index contributed by atoms with van der Waals surface area (Å²) in [7, 11) is 0. The average molecular weight is 730 g/mol. The van der Waals surface area contributed by atoms with Crippen LogP contribution in [-0.2, 0) is 28.6 Å². The molecule has 0 aromatic heterocycles. The molecule has 1 aromatic rings. The van der Waals surface area contributed by atoms with Crippen molar-refractivity contribution in [1.29, 1.82) is 0 Å². The summed E-state index contributed by atoms with van der Waals surface area (Å²) in [6.45, 7) is 17.6. The van der Waals surface area contributed by atoms with Gasteiger partial charge in [-0.05, 0) is 57.7 Å². The SMILES string of the molecule is CCCCCCCCCCCCCCCCCC(=O)OCC1COC2(CC(C)(CC)N(OC(C)c3ccc(OCC4CO4)cc3)C(C)(CC)C2C)O1. The summed E-state index contributed by atoms with van der Waals surface area (Å²) >= 11 is 0. The Balaban J connectivity index is 1.15. The van der Waals surface area contributed by atoms with Gasteiger partial charge in [0.05, 0.1) is 18.8 Å². The van der Waals surface area contributed by atoms with Crippen LogP contribution in [0.25, 0.3) is 0 Å². The second kappa shape index (κ2) is 21.4. The third-order valence-corrected chi connectivity index (χ3v) is 12.4. The van der Waals surface area contributed by atoms with Gasteiger partial charge in [-0.3, -0.25) is 9.63 Å². The van der Waals surface area contributed by atoms with Crippen LogP contribution in [0, 0.1) is 5.92 Å². The Labute approximate surface area is 317 Å². The van der Waals surface area contributed by atoms with E-state index in [2.05, 4.69) is 65.7 Å². The maximum atomic E-state index is 12.7. The molecule has 3 aliphatic heterocycles. The van der Waals surface area contributed by atoms with Crippen molar-refractivity contribution >= 4 is 5.97 Å². The van der Waals surface area contributed by atoms with Crippen LogP contribution in [0.5, 0.6) is 5.75 Å². The lowest BCUT2D eigenvalue weighted by atomic mass is 9.67. The smallest absolute Gasteiger partial charge is 0.305 e. The largest absolute Gasteiger partial charge is 0.491 e. The third-order valence-electron chi connectivity index (χ3n) is 12.4. The molecule has 298 valence electrons. The molecule has 4 rings (SSSR count). The molecule has 3 fully saturated rings. The van der Waals surface area contributed by atoms with E-state index in [-0.39, 0.29) is 47.9 Å². The maximum Gasteiger partial charge on any atom is 0.305 e. The van der Waals surface area contributed by atoms with Gasteiger partial charge in [0.25, 0.3) is 0 Å². The number of ether oxygens (including phenoxy) is 5. The second-order valence-corrected chi connectivity index (χ2v) is 16.6. The van der Waals surface area contributed by atoms with Gasteiger partial charge in [-0.15, -0.1) is 0 Å². The number of hydrogen-bond acceptors (Lipinski definition) is 8. The summed E-state index contributed by atoms with van der Waals surface area (Å²) in [5.41, 5.74) is 0.404. The van der Waals surface area contributed by atoms with Gasteiger partial charge in [0.15, 0.2) is 5.79 Å². The summed E-state index contributed by atoms with van der Waals surface area (Å²) in [6.07, 6.45) is 22.4. The minimum atomic E-state index is -0.770. The number of benzene rings is 1. The summed E-state index contributed by atoms with van der Waals surface area (Å²) in [6, 6.07) is 8.20. The number of hydroxylamine groups is 2. The molecule has 0 saturated carbocycles. The molecule has 8 nitrogen and oxygen atoms in total. The molecule has 52 heavy (non-hydrogen) atoms. The highest BCUT2D eigenvalue weighted by Crippen LogP contribution is 2.55. The Bertz CT molecular complexity index is 1160. The van der Waals surface area contributed by atoms with Gasteiger partial charge in [-0.2, -0.15) is 5.06 Å². The molecular formula is C44H75NO7. The van der Waals surface area contributed by atoms with Gasteiger partial charge < -0.3 is 23.7 Å². The first-order chi connectivity index (χ1) is 25.1. The van der Waals surface area contributed by atoms with Gasteiger partial charge >= 0.3 is 5.97 Å². The maximum absolute atomic E-state index is 12.7. The van der Waals surface area contributed by atoms with Crippen molar-refractivity contribution in [1.82, 2.24) is 5.06 Å². The Morgan fingerprint density at radius 1 is 0.808 bits per heavy atom. The van der Waals surface area contributed by atoms with E-state index in [1.54, 1.807) is 0 Å². The molecule has 3 saturated heterocycles. The summed E-state index contributed by atoms with van der Waals surface area (Å²) < 4.78 is 30.2. The Morgan fingerprint density at radius 3 is 1.92 bits per heavy atom. The van der Waals surface area contributed by atoms with Crippen LogP contribution in [0.1, 0.15) is 182 Å². The third kappa shape index (κ3) is 12.4. The molecule has 7 atom stereocenters. The normalized spacial score (nSPS) is 29.4. The molecule has 3 aliphatic rings. The molecule has 0 amide bonds. The van der Waals surface area contributed by atoms with Gasteiger partial charge in [-0.25, -0.2) is 0 Å². The van der Waals surface area contributed by atoms with E-state index in [9.17, 15) is 4.79 Å². The van der Waals surface area contributed by atoms with Gasteiger partial charge in [0.2, 0.25) is 0 Å². The Kier molecular flexibility index (Phi) is 17.7. The lowest BCUT2D eigenvalue weighted by molar-refractivity contribution is -0.380. The zero-order valence-corrected chi connectivity index (χ0v) is 34.2. The fourth-order valence-electron chi connectivity index (χ4n) is 8.28. The molecule has 7 unspecified atom stereocenters. The zero-order chi connectivity index (χ0) is 37.5. The number of nitrogens with zero attached hydrogens (tertiary/aromatic N) is 1. The number of piperidine rings is 1. The van der Waals surface area contributed by atoms with E-state index in [1.807, 2.05) is 12.1 Å². The summed E-state index contributed by atoms with van der Waals surface area (Å²) in [5, 5.41) is 2.26. The van der Waals surface area contributed by atoms with E-state index in [1.165, 1.54) is 83.5 Å². The highest BCUT2D eigenvalue weighted by atomic mass is 16.8. The lowest BCUT2D eigenvalue weighted by Crippen LogP contribution is -2.71. The van der Waals surface area contributed by atoms with Crippen LogP contribution in [0.2, 0.25) is 0 Å². The molecule has 8 heteroatoms. The summed E-state index contributed by atoms with van der Waals surface area (Å²) in [4.78, 5) is 19.6. The highest BCUT2D eigenvalue weighted by molar-refractivity contribution is 5.69. The fraction of sp³-hybridized carbons (Fsp3) is 0.841. The van der Waals surface area contributed by atoms with Crippen molar-refractivity contribution in [3.8, 4) is 5.75 Å². The van der Waals surface area contributed by atoms with Crippen LogP contribution in [0.15, 0.2) is 24.3 Å². The second-order valence-electron chi connectivity index (χ2n) is 16.6. The predicted molar refractivity (Wildman–Crippen MR) is 208 cm³/mol. The van der Waals surface area contributed by atoms with E-state index in [4.69, 9.17) is 28.5 Å². The zero-order valence-electron chi connectivity index (χ0n) is 34.2. The highest BCUT2D eigenvalue weighted by Gasteiger charge is 2.64. The van der Waals surface area contributed by atoms with E-state index in [0.717, 1.165) is 43.6 Å². The molecule has 0 N–H and O–H groups in total. The first kappa shape index (κ1) is 43.0. The number of epoxide rings is 1. The molecular weight excluding hydrogens is 654 g/mol. The molecule has 0 bridgehead atoms. The quantitative estimate of drug-likeness (QED) is 0.0530. The van der Waals surface area contributed by atoms with Crippen LogP contribution >= 0.6 is 0 Å². The Hall–Kier alpha value is -1.71. The van der Waals surface area contributed by atoms with Crippen LogP contribution in [0.3, 0.4) is 0 Å². The lowest BCUT2D eigenvalue weighted by Gasteiger charge is -2.62. The standard InChI is InChI=1S/C44H75NO7/c1-8-11-12-13-14-15-16-17-18-19-20-21-22-23-24-25-41(46)49-32-40-33-50-44(51-40)34-42(6,9-2)45(43(7,10-3)36(44)5)52-35(4)37-26-28-38(29-27-37)47-30-39-31-48-39/h26-29,35-36,39-40H,8-25,30-34H2,1-7H3. The Morgan fingerprint density at radius 2 is 1.38 bits per heavy atom. The van der Waals surface area contributed by atoms with Crippen molar-refractivity contribution in [2.75, 3.05) is 26.4 Å². The number of carbonyl (C=O) groups is 1. The van der Waals surface area contributed by atoms with Crippen molar-refractivity contribution in [3.63, 3.8) is 0 Å². The first-order valence-corrected chi connectivity index (χ1v) is 21.4. The molecule has 1 aromatic carbocycles. The number of unbranched alkanes of at least 4 members (excludes halogenated alkanes) is 14. The minimum Gasteiger partial charge on any atom is -0.491 e. The number of carbonyl (C=O) groups excluding carboxylic acids is 1. The first-order valence-electron chi connectivity index (χ1n) is 21.4. The predicted octanol–water partition coefficient (Wildman–Crippen LogP) is 11.1.